The van der Waals surface area contributed by atoms with E-state index < -0.39 is 17.7 Å². The maximum Gasteiger partial charge on any atom is 0.251 e. The Balaban J connectivity index is 1.22. The van der Waals surface area contributed by atoms with Gasteiger partial charge >= 0.3 is 0 Å². The number of nitrogens with zero attached hydrogens (tertiary/aromatic N) is 2. The summed E-state index contributed by atoms with van der Waals surface area (Å²) in [4.78, 5) is 43.9. The van der Waals surface area contributed by atoms with Crippen molar-refractivity contribution in [3.05, 3.63) is 29.8 Å². The summed E-state index contributed by atoms with van der Waals surface area (Å²) in [6, 6.07) is 6.45. The Morgan fingerprint density at radius 1 is 1.05 bits per heavy atom. The fraction of sp³-hybridized carbons (Fsp3) is 0.735. The van der Waals surface area contributed by atoms with E-state index in [1.807, 2.05) is 17.0 Å². The molecule has 2 aliphatic heterocycles. The fourth-order valence-electron chi connectivity index (χ4n) is 6.83. The van der Waals surface area contributed by atoms with Crippen molar-refractivity contribution < 1.29 is 24.2 Å². The third-order valence-corrected chi connectivity index (χ3v) is 9.58. The van der Waals surface area contributed by atoms with Crippen LogP contribution in [0.5, 0.6) is 5.75 Å². The van der Waals surface area contributed by atoms with Crippen molar-refractivity contribution >= 4 is 17.7 Å². The van der Waals surface area contributed by atoms with Crippen LogP contribution in [0.3, 0.4) is 0 Å². The second-order valence-corrected chi connectivity index (χ2v) is 13.2. The lowest BCUT2D eigenvalue weighted by Gasteiger charge is -2.52. The van der Waals surface area contributed by atoms with Gasteiger partial charge in [-0.15, -0.1) is 0 Å². The number of hydrogen-bond donors (Lipinski definition) is 3. The van der Waals surface area contributed by atoms with E-state index in [0.717, 1.165) is 76.8 Å². The normalized spacial score (nSPS) is 22.1. The molecule has 9 heteroatoms. The minimum Gasteiger partial charge on any atom is -0.494 e. The molecule has 3 fully saturated rings. The van der Waals surface area contributed by atoms with Gasteiger partial charge in [-0.1, -0.05) is 46.5 Å². The molecule has 0 unspecified atom stereocenters. The Morgan fingerprint density at radius 2 is 1.74 bits per heavy atom. The van der Waals surface area contributed by atoms with Gasteiger partial charge in [0.05, 0.1) is 12.7 Å². The van der Waals surface area contributed by atoms with Crippen molar-refractivity contribution in [2.75, 3.05) is 39.3 Å². The molecule has 1 aromatic rings. The fourth-order valence-corrected chi connectivity index (χ4v) is 6.83. The van der Waals surface area contributed by atoms with Gasteiger partial charge in [-0.3, -0.25) is 14.4 Å². The smallest absolute Gasteiger partial charge is 0.251 e. The number of benzene rings is 1. The summed E-state index contributed by atoms with van der Waals surface area (Å²) >= 11 is 0. The highest BCUT2D eigenvalue weighted by Crippen LogP contribution is 2.36. The zero-order chi connectivity index (χ0) is 30.8. The number of ether oxygens (including phenoxy) is 1. The van der Waals surface area contributed by atoms with E-state index >= 15 is 0 Å². The molecule has 1 aromatic carbocycles. The average molecular weight is 599 g/mol. The molecule has 1 saturated carbocycles. The van der Waals surface area contributed by atoms with E-state index in [1.165, 1.54) is 6.42 Å². The van der Waals surface area contributed by atoms with Crippen molar-refractivity contribution in [1.82, 2.24) is 20.4 Å². The third-order valence-electron chi connectivity index (χ3n) is 9.58. The first kappa shape index (κ1) is 33.2. The van der Waals surface area contributed by atoms with Crippen LogP contribution in [-0.2, 0) is 9.59 Å². The van der Waals surface area contributed by atoms with Crippen LogP contribution in [0.25, 0.3) is 0 Å². The monoisotopic (exact) mass is 598 g/mol. The Morgan fingerprint density at radius 3 is 2.40 bits per heavy atom. The van der Waals surface area contributed by atoms with Crippen LogP contribution in [0.15, 0.2) is 24.3 Å². The summed E-state index contributed by atoms with van der Waals surface area (Å²) in [6.45, 7) is 10.5. The molecular formula is C34H54N4O5. The SMILES string of the molecule is CCCCN1C(=O)[C@@H]([C@H](O)C2CCCCC2)NC(=O)C12CCN(CCCCOc1ccc(C(=O)NCC(C)C)cc1)CC2. The minimum absolute atomic E-state index is 0.0658. The Bertz CT molecular complexity index is 1050. The summed E-state index contributed by atoms with van der Waals surface area (Å²) in [7, 11) is 0. The molecule has 3 N–H and O–H groups in total. The number of aliphatic hydroxyl groups is 1. The lowest BCUT2D eigenvalue weighted by molar-refractivity contribution is -0.165. The number of piperidine rings is 1. The third kappa shape index (κ3) is 8.50. The lowest BCUT2D eigenvalue weighted by Crippen LogP contribution is -2.75. The van der Waals surface area contributed by atoms with Gasteiger partial charge in [0.2, 0.25) is 11.8 Å². The number of likely N-dealkylation sites (tertiary alicyclic amines) is 1. The van der Waals surface area contributed by atoms with E-state index in [4.69, 9.17) is 4.74 Å². The zero-order valence-electron chi connectivity index (χ0n) is 26.6. The summed E-state index contributed by atoms with van der Waals surface area (Å²) in [5.74, 6) is 1.00. The molecule has 2 atom stereocenters. The molecule has 3 aliphatic rings. The highest BCUT2D eigenvalue weighted by molar-refractivity contribution is 6.00. The van der Waals surface area contributed by atoms with Crippen molar-refractivity contribution in [2.24, 2.45) is 11.8 Å². The van der Waals surface area contributed by atoms with E-state index in [1.54, 1.807) is 12.1 Å². The number of hydrogen-bond acceptors (Lipinski definition) is 6. The average Bonchev–Trinajstić information content (AvgIpc) is 3.02. The van der Waals surface area contributed by atoms with Crippen molar-refractivity contribution in [3.8, 4) is 5.75 Å². The second-order valence-electron chi connectivity index (χ2n) is 13.2. The standard InChI is InChI=1S/C34H54N4O5/c1-4-5-20-38-32(41)29(30(39)26-11-7-6-8-12-26)36-33(42)34(38)17-21-37(22-18-34)19-9-10-23-43-28-15-13-27(14-16-28)31(40)35-24-25(2)3/h13-16,25-26,29-30,39H,4-12,17-24H2,1-3H3,(H,35,40)(H,36,42)/t29-,30-/m1/s1. The number of rotatable bonds is 14. The molecule has 1 aliphatic carbocycles. The van der Waals surface area contributed by atoms with Crippen LogP contribution < -0.4 is 15.4 Å². The Kier molecular flexibility index (Phi) is 12.3. The van der Waals surface area contributed by atoms with Crippen LogP contribution in [0.4, 0.5) is 0 Å². The van der Waals surface area contributed by atoms with Crippen molar-refractivity contribution in [2.45, 2.75) is 109 Å². The van der Waals surface area contributed by atoms with Crippen LogP contribution in [0.2, 0.25) is 0 Å². The highest BCUT2D eigenvalue weighted by atomic mass is 16.5. The van der Waals surface area contributed by atoms with E-state index in [0.29, 0.717) is 44.0 Å². The van der Waals surface area contributed by atoms with E-state index in [2.05, 4.69) is 36.3 Å². The number of piperazine rings is 1. The summed E-state index contributed by atoms with van der Waals surface area (Å²) in [6.07, 6.45) is 9.28. The summed E-state index contributed by atoms with van der Waals surface area (Å²) < 4.78 is 5.90. The number of amides is 3. The first-order valence-corrected chi connectivity index (χ1v) is 16.8. The molecule has 2 heterocycles. The number of nitrogens with one attached hydrogen (secondary N) is 2. The minimum atomic E-state index is -0.825. The molecule has 9 nitrogen and oxygen atoms in total. The van der Waals surface area contributed by atoms with E-state index in [9.17, 15) is 19.5 Å². The highest BCUT2D eigenvalue weighted by Gasteiger charge is 2.55. The Labute approximate surface area is 258 Å². The van der Waals surface area contributed by atoms with Gasteiger partial charge < -0.3 is 30.3 Å². The van der Waals surface area contributed by atoms with Gasteiger partial charge in [0, 0.05) is 31.7 Å². The summed E-state index contributed by atoms with van der Waals surface area (Å²) in [5.41, 5.74) is -0.180. The predicted octanol–water partition coefficient (Wildman–Crippen LogP) is 4.13. The molecule has 240 valence electrons. The maximum absolute atomic E-state index is 13.8. The van der Waals surface area contributed by atoms with Gasteiger partial charge in [0.1, 0.15) is 17.3 Å². The van der Waals surface area contributed by atoms with Gasteiger partial charge in [-0.05, 0) is 87.6 Å². The van der Waals surface area contributed by atoms with Gasteiger partial charge in [0.15, 0.2) is 0 Å². The number of aliphatic hydroxyl groups excluding tert-OH is 1. The molecule has 0 radical (unpaired) electrons. The maximum atomic E-state index is 13.8. The molecule has 43 heavy (non-hydrogen) atoms. The lowest BCUT2D eigenvalue weighted by atomic mass is 9.78. The van der Waals surface area contributed by atoms with E-state index in [-0.39, 0.29) is 23.6 Å². The van der Waals surface area contributed by atoms with Gasteiger partial charge in [0.25, 0.3) is 5.91 Å². The van der Waals surface area contributed by atoms with Gasteiger partial charge in [-0.2, -0.15) is 0 Å². The van der Waals surface area contributed by atoms with Crippen LogP contribution >= 0.6 is 0 Å². The molecule has 3 amide bonds. The second kappa shape index (κ2) is 15.9. The first-order chi connectivity index (χ1) is 20.7. The van der Waals surface area contributed by atoms with Gasteiger partial charge in [-0.25, -0.2) is 0 Å². The first-order valence-electron chi connectivity index (χ1n) is 16.8. The largest absolute Gasteiger partial charge is 0.494 e. The Hall–Kier alpha value is -2.65. The predicted molar refractivity (Wildman–Crippen MR) is 168 cm³/mol. The van der Waals surface area contributed by atoms with Crippen LogP contribution in [-0.4, -0.2) is 89.6 Å². The molecular weight excluding hydrogens is 544 g/mol. The topological polar surface area (TPSA) is 111 Å². The summed E-state index contributed by atoms with van der Waals surface area (Å²) in [5, 5.41) is 17.1. The quantitative estimate of drug-likeness (QED) is 0.278. The molecule has 0 bridgehead atoms. The number of carbonyl (C=O) groups is 3. The number of unbranched alkanes of at least 4 members (excludes halogenated alkanes) is 2. The van der Waals surface area contributed by atoms with Crippen molar-refractivity contribution in [1.29, 1.82) is 0 Å². The van der Waals surface area contributed by atoms with Crippen LogP contribution in [0.1, 0.15) is 102 Å². The van der Waals surface area contributed by atoms with Crippen molar-refractivity contribution in [3.63, 3.8) is 0 Å². The number of carbonyl (C=O) groups excluding carboxylic acids is 3. The molecule has 1 spiro atoms. The molecule has 4 rings (SSSR count). The molecule has 2 saturated heterocycles. The van der Waals surface area contributed by atoms with Crippen LogP contribution in [0, 0.1) is 11.8 Å². The molecule has 0 aromatic heterocycles. The zero-order valence-corrected chi connectivity index (χ0v) is 26.6.